The maximum absolute atomic E-state index is 14.1. The first-order valence-corrected chi connectivity index (χ1v) is 18.9. The summed E-state index contributed by atoms with van der Waals surface area (Å²) in [5.41, 5.74) is 1.14. The molecule has 7 rings (SSSR count). The minimum Gasteiger partial charge on any atom is -0.511 e. The Kier molecular flexibility index (Phi) is 8.25. The van der Waals surface area contributed by atoms with E-state index in [9.17, 15) is 35.9 Å². The van der Waals surface area contributed by atoms with E-state index in [2.05, 4.69) is 14.4 Å². The number of nitrogens with one attached hydrogen (secondary N) is 3. The molecule has 2 bridgehead atoms. The molecular weight excluding hydrogens is 686 g/mol. The Balaban J connectivity index is 1.10. The average Bonchev–Trinajstić information content (AvgIpc) is 3.78. The van der Waals surface area contributed by atoms with Crippen LogP contribution in [0.3, 0.4) is 0 Å². The van der Waals surface area contributed by atoms with E-state index in [-0.39, 0.29) is 63.7 Å². The van der Waals surface area contributed by atoms with Crippen molar-refractivity contribution >= 4 is 54.4 Å². The number of halogens is 1. The number of benzene rings is 2. The van der Waals surface area contributed by atoms with E-state index in [1.807, 2.05) is 0 Å². The Morgan fingerprint density at radius 1 is 1.10 bits per heavy atom. The van der Waals surface area contributed by atoms with Gasteiger partial charge in [0.15, 0.2) is 5.84 Å². The molecule has 3 heterocycles. The zero-order valence-electron chi connectivity index (χ0n) is 25.1. The van der Waals surface area contributed by atoms with E-state index in [0.29, 0.717) is 11.1 Å². The van der Waals surface area contributed by atoms with Crippen LogP contribution in [0.2, 0.25) is 0 Å². The number of sulfonamides is 1. The molecule has 2 aliphatic carbocycles. The van der Waals surface area contributed by atoms with E-state index in [1.165, 1.54) is 17.5 Å². The van der Waals surface area contributed by atoms with Gasteiger partial charge < -0.3 is 20.1 Å². The number of carbonyl (C=O) groups is 2. The van der Waals surface area contributed by atoms with Crippen molar-refractivity contribution in [3.8, 4) is 0 Å². The Morgan fingerprint density at radius 3 is 2.58 bits per heavy atom. The molecule has 2 aromatic carbocycles. The van der Waals surface area contributed by atoms with Gasteiger partial charge in [0.05, 0.1) is 0 Å². The number of ether oxygens (including phenoxy) is 1. The molecule has 4 aliphatic rings. The fourth-order valence-electron chi connectivity index (χ4n) is 7.19. The lowest BCUT2D eigenvalue weighted by Crippen LogP contribution is -2.53. The smallest absolute Gasteiger partial charge is 0.422 e. The minimum absolute atomic E-state index is 0.0487. The Bertz CT molecular complexity index is 2070. The maximum Gasteiger partial charge on any atom is 0.422 e. The normalized spacial score (nSPS) is 24.1. The maximum atomic E-state index is 14.1. The summed E-state index contributed by atoms with van der Waals surface area (Å²) >= 11 is 0.948. The van der Waals surface area contributed by atoms with Crippen LogP contribution < -0.4 is 14.8 Å². The minimum atomic E-state index is -4.49. The molecular formula is C31H30FN5O8S3. The van der Waals surface area contributed by atoms with Crippen LogP contribution in [0.4, 0.5) is 14.2 Å². The van der Waals surface area contributed by atoms with Crippen LogP contribution in [-0.4, -0.2) is 50.7 Å². The Morgan fingerprint density at radius 2 is 1.83 bits per heavy atom. The molecule has 252 valence electrons. The summed E-state index contributed by atoms with van der Waals surface area (Å²) in [6.45, 7) is -0.529. The number of rotatable bonds is 9. The highest BCUT2D eigenvalue weighted by Crippen LogP contribution is 2.55. The summed E-state index contributed by atoms with van der Waals surface area (Å²) in [6.07, 6.45) is 1.38. The average molecular weight is 716 g/mol. The van der Waals surface area contributed by atoms with Gasteiger partial charge in [0.1, 0.15) is 33.7 Å². The molecule has 2 amide bonds. The van der Waals surface area contributed by atoms with Gasteiger partial charge in [-0.1, -0.05) is 42.5 Å². The highest BCUT2D eigenvalue weighted by atomic mass is 32.2. The number of fused-ring (bicyclic) bond motifs is 6. The SMILES string of the molecule is O=C(NS(=O)(=O)NCc1csc2c1S(=O)(=O)N=C(C1=C(O)C3C([C@H]4CC[C@@H]3C4)N(Cc3ccc(F)cc3)C1=O)N2)OCc1ccccc1. The van der Waals surface area contributed by atoms with Crippen LogP contribution in [0.25, 0.3) is 0 Å². The number of aliphatic hydroxyl groups is 1. The van der Waals surface area contributed by atoms with E-state index < -0.39 is 50.5 Å². The number of hydrogen-bond donors (Lipinski definition) is 4. The van der Waals surface area contributed by atoms with Crippen LogP contribution in [-0.2, 0) is 49.5 Å². The van der Waals surface area contributed by atoms with E-state index >= 15 is 0 Å². The quantitative estimate of drug-likeness (QED) is 0.255. The molecule has 3 aromatic rings. The van der Waals surface area contributed by atoms with Gasteiger partial charge in [0.2, 0.25) is 0 Å². The van der Waals surface area contributed by atoms with Crippen molar-refractivity contribution in [2.45, 2.75) is 49.9 Å². The predicted molar refractivity (Wildman–Crippen MR) is 173 cm³/mol. The molecule has 0 spiro atoms. The summed E-state index contributed by atoms with van der Waals surface area (Å²) in [7, 11) is -8.93. The fraction of sp³-hybridized carbons (Fsp3) is 0.323. The van der Waals surface area contributed by atoms with Crippen LogP contribution in [0.1, 0.15) is 36.0 Å². The molecule has 1 aromatic heterocycles. The number of hydrogen-bond acceptors (Lipinski definition) is 10. The van der Waals surface area contributed by atoms with Gasteiger partial charge in [-0.05, 0) is 59.7 Å². The van der Waals surface area contributed by atoms with Gasteiger partial charge in [-0.3, -0.25) is 4.79 Å². The van der Waals surface area contributed by atoms with Crippen molar-refractivity contribution in [3.05, 3.63) is 93.8 Å². The number of amides is 2. The lowest BCUT2D eigenvalue weighted by molar-refractivity contribution is -0.134. The molecule has 13 nitrogen and oxygen atoms in total. The highest BCUT2D eigenvalue weighted by molar-refractivity contribution is 7.91. The standard InChI is InChI=1S/C31H30FN5O8S3/c32-22-10-6-17(7-11-22)14-37-25-20-9-8-19(12-20)23(25)26(38)24(30(37)39)28-34-29-27(47(41,42)35-28)21(16-46-29)13-33-48(43,44)36-31(40)45-15-18-4-2-1-3-5-18/h1-7,10-11,16,19-20,23,25,33,38H,8-9,12-15H2,(H,34,35)(H,36,40)/t19-,20+,23?,25?/m1/s1. The van der Waals surface area contributed by atoms with Gasteiger partial charge in [-0.2, -0.15) is 21.6 Å². The first-order valence-electron chi connectivity index (χ1n) is 15.1. The van der Waals surface area contributed by atoms with Crippen LogP contribution in [0.15, 0.2) is 80.6 Å². The number of nitrogens with zero attached hydrogens (tertiary/aromatic N) is 2. The highest BCUT2D eigenvalue weighted by Gasteiger charge is 2.57. The summed E-state index contributed by atoms with van der Waals surface area (Å²) < 4.78 is 78.4. The first kappa shape index (κ1) is 32.2. The number of aliphatic hydroxyl groups excluding tert-OH is 1. The molecule has 4 atom stereocenters. The van der Waals surface area contributed by atoms with Gasteiger partial charge in [-0.15, -0.1) is 15.7 Å². The van der Waals surface area contributed by atoms with Crippen molar-refractivity contribution < 1.29 is 40.7 Å². The van der Waals surface area contributed by atoms with Crippen molar-refractivity contribution in [3.63, 3.8) is 0 Å². The summed E-state index contributed by atoms with van der Waals surface area (Å²) in [5, 5.41) is 15.9. The van der Waals surface area contributed by atoms with Crippen molar-refractivity contribution in [1.82, 2.24) is 14.3 Å². The van der Waals surface area contributed by atoms with Gasteiger partial charge in [0.25, 0.3) is 15.9 Å². The second-order valence-electron chi connectivity index (χ2n) is 12.1. The molecule has 17 heteroatoms. The molecule has 2 saturated carbocycles. The van der Waals surface area contributed by atoms with Gasteiger partial charge in [-0.25, -0.2) is 13.9 Å². The topological polar surface area (TPSA) is 184 Å². The van der Waals surface area contributed by atoms with Crippen molar-refractivity contribution in [1.29, 1.82) is 0 Å². The summed E-state index contributed by atoms with van der Waals surface area (Å²) in [4.78, 5) is 27.5. The third kappa shape index (κ3) is 6.06. The zero-order chi connectivity index (χ0) is 33.8. The Hall–Kier alpha value is -4.32. The molecule has 2 unspecified atom stereocenters. The van der Waals surface area contributed by atoms with Crippen molar-refractivity contribution in [2.75, 3.05) is 5.32 Å². The second kappa shape index (κ2) is 12.3. The molecule has 2 aliphatic heterocycles. The van der Waals surface area contributed by atoms with E-state index in [4.69, 9.17) is 4.74 Å². The first-order chi connectivity index (χ1) is 22.9. The van der Waals surface area contributed by atoms with Crippen LogP contribution in [0, 0.1) is 23.6 Å². The lowest BCUT2D eigenvalue weighted by atomic mass is 9.77. The van der Waals surface area contributed by atoms with E-state index in [0.717, 1.165) is 30.6 Å². The zero-order valence-corrected chi connectivity index (χ0v) is 27.6. The second-order valence-corrected chi connectivity index (χ2v) is 16.0. The predicted octanol–water partition coefficient (Wildman–Crippen LogP) is 3.93. The fourth-order valence-corrected chi connectivity index (χ4v) is 10.5. The van der Waals surface area contributed by atoms with Crippen LogP contribution in [0.5, 0.6) is 0 Å². The summed E-state index contributed by atoms with van der Waals surface area (Å²) in [5.74, 6) is -1.65. The Labute approximate surface area is 279 Å². The molecule has 0 saturated heterocycles. The lowest BCUT2D eigenvalue weighted by Gasteiger charge is -2.44. The molecule has 2 fully saturated rings. The van der Waals surface area contributed by atoms with Gasteiger partial charge in [0, 0.05) is 30.6 Å². The third-order valence-corrected chi connectivity index (χ3v) is 12.6. The molecule has 48 heavy (non-hydrogen) atoms. The largest absolute Gasteiger partial charge is 0.511 e. The number of carbonyl (C=O) groups excluding carboxylic acids is 2. The number of amidine groups is 1. The summed E-state index contributed by atoms with van der Waals surface area (Å²) in [6, 6.07) is 14.1. The number of thiophene rings is 1. The van der Waals surface area contributed by atoms with Crippen molar-refractivity contribution in [2.24, 2.45) is 22.2 Å². The van der Waals surface area contributed by atoms with Crippen LogP contribution >= 0.6 is 11.3 Å². The monoisotopic (exact) mass is 715 g/mol. The molecule has 0 radical (unpaired) electrons. The van der Waals surface area contributed by atoms with Gasteiger partial charge >= 0.3 is 16.3 Å². The van der Waals surface area contributed by atoms with E-state index in [1.54, 1.807) is 52.1 Å². The number of anilines is 1. The third-order valence-electron chi connectivity index (χ3n) is 9.18. The molecule has 4 N–H and O–H groups in total.